The van der Waals surface area contributed by atoms with Crippen LogP contribution >= 0.6 is 0 Å². The average Bonchev–Trinajstić information content (AvgIpc) is 2.35. The Balaban J connectivity index is 2.52. The molecule has 0 aliphatic carbocycles. The third-order valence-corrected chi connectivity index (χ3v) is 3.00. The van der Waals surface area contributed by atoms with Crippen LogP contribution in [0.4, 0.5) is 4.79 Å². The van der Waals surface area contributed by atoms with Gasteiger partial charge < -0.3 is 15.2 Å². The molecule has 0 saturated carbocycles. The van der Waals surface area contributed by atoms with Crippen LogP contribution in [0.3, 0.4) is 0 Å². The van der Waals surface area contributed by atoms with E-state index in [1.807, 2.05) is 5.32 Å². The van der Waals surface area contributed by atoms with E-state index in [9.17, 15) is 18.0 Å². The van der Waals surface area contributed by atoms with Crippen LogP contribution < -0.4 is 10.5 Å². The van der Waals surface area contributed by atoms with Crippen molar-refractivity contribution in [3.05, 3.63) is 35.9 Å². The van der Waals surface area contributed by atoms with Crippen molar-refractivity contribution in [1.29, 1.82) is 0 Å². The number of hydrogen-bond acceptors (Lipinski definition) is 5. The Morgan fingerprint density at radius 3 is 2.40 bits per heavy atom. The molecule has 9 heteroatoms. The van der Waals surface area contributed by atoms with Crippen LogP contribution in [0.2, 0.25) is 0 Å². The van der Waals surface area contributed by atoms with Gasteiger partial charge in [-0.05, 0) is 5.56 Å². The molecule has 0 fully saturated rings. The first-order valence-corrected chi connectivity index (χ1v) is 7.20. The fraction of sp³-hybridized carbons (Fsp3) is 0.273. The predicted octanol–water partition coefficient (Wildman–Crippen LogP) is -0.345. The number of ether oxygens (including phenoxy) is 1. The molecule has 4 N–H and O–H groups in total. The monoisotopic (exact) mass is 302 g/mol. The number of rotatable bonds is 6. The first-order valence-electron chi connectivity index (χ1n) is 5.48. The van der Waals surface area contributed by atoms with Gasteiger partial charge in [0.25, 0.3) is 0 Å². The quantitative estimate of drug-likeness (QED) is 0.657. The van der Waals surface area contributed by atoms with Crippen LogP contribution in [0, 0.1) is 0 Å². The van der Waals surface area contributed by atoms with Crippen molar-refractivity contribution in [2.75, 3.05) is 5.75 Å². The number of benzene rings is 1. The first kappa shape index (κ1) is 15.9. The highest BCUT2D eigenvalue weighted by Gasteiger charge is 2.25. The standard InChI is InChI=1S/C11H14N2O6S/c12-20(17,18)7-9(10(14)15)13-11(16)19-6-8-4-2-1-3-5-8/h1-5,9H,6-7H2,(H,13,16)(H,14,15)(H2,12,17,18). The van der Waals surface area contributed by atoms with Crippen LogP contribution in [-0.2, 0) is 26.2 Å². The van der Waals surface area contributed by atoms with E-state index in [1.165, 1.54) is 0 Å². The molecule has 0 aliphatic rings. The highest BCUT2D eigenvalue weighted by molar-refractivity contribution is 7.89. The fourth-order valence-electron chi connectivity index (χ4n) is 1.31. The summed E-state index contributed by atoms with van der Waals surface area (Å²) in [4.78, 5) is 22.2. The van der Waals surface area contributed by atoms with Crippen LogP contribution in [0.1, 0.15) is 5.56 Å². The van der Waals surface area contributed by atoms with Gasteiger partial charge in [0.1, 0.15) is 12.6 Å². The number of carboxylic acids is 1. The number of hydrogen-bond donors (Lipinski definition) is 3. The second kappa shape index (κ2) is 6.87. The van der Waals surface area contributed by atoms with Gasteiger partial charge >= 0.3 is 12.1 Å². The molecule has 0 saturated heterocycles. The number of alkyl carbamates (subject to hydrolysis) is 1. The van der Waals surface area contributed by atoms with Gasteiger partial charge in [-0.3, -0.25) is 0 Å². The van der Waals surface area contributed by atoms with Crippen LogP contribution in [-0.4, -0.2) is 37.4 Å². The third-order valence-electron chi connectivity index (χ3n) is 2.20. The highest BCUT2D eigenvalue weighted by atomic mass is 32.2. The number of carbonyl (C=O) groups is 2. The predicted molar refractivity (Wildman–Crippen MR) is 69.2 cm³/mol. The first-order chi connectivity index (χ1) is 9.28. The molecular formula is C11H14N2O6S. The lowest BCUT2D eigenvalue weighted by molar-refractivity contribution is -0.138. The molecule has 1 amide bonds. The SMILES string of the molecule is NS(=O)(=O)CC(NC(=O)OCc1ccccc1)C(=O)O. The summed E-state index contributed by atoms with van der Waals surface area (Å²) in [5.41, 5.74) is 0.709. The van der Waals surface area contributed by atoms with E-state index in [4.69, 9.17) is 15.0 Å². The summed E-state index contributed by atoms with van der Waals surface area (Å²) >= 11 is 0. The highest BCUT2D eigenvalue weighted by Crippen LogP contribution is 2.01. The number of nitrogens with one attached hydrogen (secondary N) is 1. The number of primary sulfonamides is 1. The Labute approximate surface area is 115 Å². The normalized spacial score (nSPS) is 12.4. The van der Waals surface area contributed by atoms with Gasteiger partial charge in [0.05, 0.1) is 5.75 Å². The van der Waals surface area contributed by atoms with E-state index in [0.717, 1.165) is 0 Å². The van der Waals surface area contributed by atoms with Gasteiger partial charge in [0, 0.05) is 0 Å². The topological polar surface area (TPSA) is 136 Å². The zero-order valence-corrected chi connectivity index (χ0v) is 11.2. The molecule has 0 radical (unpaired) electrons. The van der Waals surface area contributed by atoms with Crippen molar-refractivity contribution < 1.29 is 27.9 Å². The molecule has 20 heavy (non-hydrogen) atoms. The lowest BCUT2D eigenvalue weighted by Gasteiger charge is -2.13. The Hall–Kier alpha value is -2.13. The van der Waals surface area contributed by atoms with E-state index in [2.05, 4.69) is 0 Å². The summed E-state index contributed by atoms with van der Waals surface area (Å²) in [7, 11) is -4.03. The van der Waals surface area contributed by atoms with Crippen LogP contribution in [0.15, 0.2) is 30.3 Å². The maximum absolute atomic E-state index is 11.4. The fourth-order valence-corrected chi connectivity index (χ4v) is 2.00. The minimum Gasteiger partial charge on any atom is -0.480 e. The second-order valence-corrected chi connectivity index (χ2v) is 5.59. The molecule has 0 aromatic heterocycles. The van der Waals surface area contributed by atoms with Gasteiger partial charge in [-0.25, -0.2) is 23.1 Å². The van der Waals surface area contributed by atoms with Crippen molar-refractivity contribution in [2.45, 2.75) is 12.6 Å². The van der Waals surface area contributed by atoms with Gasteiger partial charge in [0.15, 0.2) is 0 Å². The van der Waals surface area contributed by atoms with Gasteiger partial charge in [-0.2, -0.15) is 0 Å². The van der Waals surface area contributed by atoms with Crippen molar-refractivity contribution in [2.24, 2.45) is 5.14 Å². The molecule has 0 spiro atoms. The van der Waals surface area contributed by atoms with Gasteiger partial charge in [-0.1, -0.05) is 30.3 Å². The number of amides is 1. The van der Waals surface area contributed by atoms with Crippen molar-refractivity contribution in [3.63, 3.8) is 0 Å². The van der Waals surface area contributed by atoms with Crippen molar-refractivity contribution in [1.82, 2.24) is 5.32 Å². The summed E-state index contributed by atoms with van der Waals surface area (Å²) in [6.45, 7) is -0.0611. The Bertz CT molecular complexity index is 572. The summed E-state index contributed by atoms with van der Waals surface area (Å²) < 4.78 is 26.4. The summed E-state index contributed by atoms with van der Waals surface area (Å²) in [6.07, 6.45) is -1.04. The maximum atomic E-state index is 11.4. The van der Waals surface area contributed by atoms with E-state index in [-0.39, 0.29) is 6.61 Å². The molecule has 1 aromatic rings. The average molecular weight is 302 g/mol. The second-order valence-electron chi connectivity index (χ2n) is 3.93. The Morgan fingerprint density at radius 1 is 1.30 bits per heavy atom. The van der Waals surface area contributed by atoms with Crippen LogP contribution in [0.25, 0.3) is 0 Å². The molecule has 1 atom stereocenters. The van der Waals surface area contributed by atoms with E-state index in [1.54, 1.807) is 30.3 Å². The smallest absolute Gasteiger partial charge is 0.408 e. The molecule has 0 heterocycles. The molecule has 0 bridgehead atoms. The van der Waals surface area contributed by atoms with E-state index >= 15 is 0 Å². The number of sulfonamides is 1. The van der Waals surface area contributed by atoms with Crippen molar-refractivity contribution >= 4 is 22.1 Å². The lowest BCUT2D eigenvalue weighted by atomic mass is 10.2. The zero-order valence-electron chi connectivity index (χ0n) is 10.4. The number of carboxylic acid groups (broad SMARTS) is 1. The zero-order chi connectivity index (χ0) is 15.2. The minimum absolute atomic E-state index is 0.0611. The Kier molecular flexibility index (Phi) is 5.47. The number of aliphatic carboxylic acids is 1. The summed E-state index contributed by atoms with van der Waals surface area (Å²) in [5.74, 6) is -2.43. The van der Waals surface area contributed by atoms with Gasteiger partial charge in [-0.15, -0.1) is 0 Å². The molecule has 0 aliphatic heterocycles. The van der Waals surface area contributed by atoms with Crippen molar-refractivity contribution in [3.8, 4) is 0 Å². The molecule has 1 aromatic carbocycles. The van der Waals surface area contributed by atoms with Gasteiger partial charge in [0.2, 0.25) is 10.0 Å². The molecule has 110 valence electrons. The Morgan fingerprint density at radius 2 is 1.90 bits per heavy atom. The number of nitrogens with two attached hydrogens (primary N) is 1. The number of carbonyl (C=O) groups excluding carboxylic acids is 1. The van der Waals surface area contributed by atoms with E-state index < -0.39 is 33.9 Å². The molecule has 1 unspecified atom stereocenters. The molecule has 8 nitrogen and oxygen atoms in total. The largest absolute Gasteiger partial charge is 0.480 e. The molecular weight excluding hydrogens is 288 g/mol. The maximum Gasteiger partial charge on any atom is 0.408 e. The summed E-state index contributed by atoms with van der Waals surface area (Å²) in [5, 5.41) is 15.4. The lowest BCUT2D eigenvalue weighted by Crippen LogP contribution is -2.46. The van der Waals surface area contributed by atoms with Crippen LogP contribution in [0.5, 0.6) is 0 Å². The third kappa shape index (κ3) is 6.16. The summed E-state index contributed by atoms with van der Waals surface area (Å²) in [6, 6.07) is 7.05. The van der Waals surface area contributed by atoms with E-state index in [0.29, 0.717) is 5.56 Å². The molecule has 1 rings (SSSR count). The minimum atomic E-state index is -4.03.